The van der Waals surface area contributed by atoms with Crippen molar-refractivity contribution in [2.75, 3.05) is 0 Å². The van der Waals surface area contributed by atoms with Crippen LogP contribution in [0.15, 0.2) is 115 Å². The first-order valence-corrected chi connectivity index (χ1v) is 15.4. The van der Waals surface area contributed by atoms with Crippen LogP contribution in [0.1, 0.15) is 73.5 Å². The summed E-state index contributed by atoms with van der Waals surface area (Å²) < 4.78 is 34.3. The number of benzene rings is 5. The van der Waals surface area contributed by atoms with Crippen LogP contribution in [-0.2, 0) is 29.4 Å². The van der Waals surface area contributed by atoms with Crippen LogP contribution in [0, 0.1) is 0 Å². The van der Waals surface area contributed by atoms with E-state index in [1.807, 2.05) is 0 Å². The lowest BCUT2D eigenvalue weighted by Gasteiger charge is -2.36. The van der Waals surface area contributed by atoms with Gasteiger partial charge in [-0.2, -0.15) is 0 Å². The van der Waals surface area contributed by atoms with Gasteiger partial charge in [-0.1, -0.05) is 48.5 Å². The minimum atomic E-state index is -1.57. The van der Waals surface area contributed by atoms with E-state index in [-0.39, 0.29) is 34.1 Å². The van der Waals surface area contributed by atoms with Crippen LogP contribution >= 0.6 is 0 Å². The largest absolute Gasteiger partial charge is 0.456 e. The average molecular weight is 671 g/mol. The summed E-state index contributed by atoms with van der Waals surface area (Å²) in [4.78, 5) is 63.0. The zero-order valence-electron chi connectivity index (χ0n) is 26.5. The Labute approximate surface area is 284 Å². The fourth-order valence-electron chi connectivity index (χ4n) is 5.92. The summed E-state index contributed by atoms with van der Waals surface area (Å²) >= 11 is 0. The van der Waals surface area contributed by atoms with Crippen LogP contribution in [0.2, 0.25) is 0 Å². The highest BCUT2D eigenvalue weighted by Crippen LogP contribution is 2.57. The number of fused-ring (bicyclic) bond motifs is 6. The molecule has 0 aliphatic carbocycles. The molecule has 0 unspecified atom stereocenters. The molecule has 2 heterocycles. The Hall–Kier alpha value is -6.75. The van der Waals surface area contributed by atoms with Crippen molar-refractivity contribution in [2.24, 2.45) is 0 Å². The van der Waals surface area contributed by atoms with Crippen LogP contribution in [0.5, 0.6) is 23.0 Å². The van der Waals surface area contributed by atoms with Gasteiger partial charge in [-0.05, 0) is 54.6 Å². The van der Waals surface area contributed by atoms with Crippen LogP contribution in [0.4, 0.5) is 0 Å². The molecule has 5 aromatic carbocycles. The van der Waals surface area contributed by atoms with E-state index in [2.05, 4.69) is 0 Å². The van der Waals surface area contributed by atoms with Crippen LogP contribution in [0.3, 0.4) is 0 Å². The van der Waals surface area contributed by atoms with Gasteiger partial charge in [0.25, 0.3) is 6.29 Å². The van der Waals surface area contributed by atoms with Gasteiger partial charge in [0.2, 0.25) is 0 Å². The summed E-state index contributed by atoms with van der Waals surface area (Å²) in [6.07, 6.45) is -1.40. The van der Waals surface area contributed by atoms with Gasteiger partial charge >= 0.3 is 29.8 Å². The zero-order chi connectivity index (χ0) is 35.0. The second kappa shape index (κ2) is 12.7. The third-order valence-corrected chi connectivity index (χ3v) is 8.03. The molecule has 11 heteroatoms. The molecule has 248 valence electrons. The predicted molar refractivity (Wildman–Crippen MR) is 174 cm³/mol. The molecule has 50 heavy (non-hydrogen) atoms. The standard InChI is InChI=1S/C39H26O11/c1-22(40)45-38(46-23(2)41)26-13-16-30-29(19-26)37(44)50-39(30)31-17-14-27(47-35(42)24-9-5-3-6-10-24)20-33(31)49-34-21-28(15-18-32(34)39)48-36(43)25-11-7-4-8-12-25/h3-21,38H,1-2H3. The summed E-state index contributed by atoms with van der Waals surface area (Å²) in [5, 5.41) is 0. The maximum absolute atomic E-state index is 13.7. The van der Waals surface area contributed by atoms with Gasteiger partial charge in [0.05, 0.1) is 16.7 Å². The van der Waals surface area contributed by atoms with Crippen molar-refractivity contribution in [1.82, 2.24) is 0 Å². The highest BCUT2D eigenvalue weighted by Gasteiger charge is 2.54. The summed E-state index contributed by atoms with van der Waals surface area (Å²) in [5.41, 5.74) is 0.679. The van der Waals surface area contributed by atoms with Crippen molar-refractivity contribution in [3.8, 4) is 23.0 Å². The molecule has 1 spiro atoms. The number of hydrogen-bond acceptors (Lipinski definition) is 11. The smallest absolute Gasteiger partial charge is 0.343 e. The molecule has 0 saturated carbocycles. The van der Waals surface area contributed by atoms with E-state index in [9.17, 15) is 24.0 Å². The Kier molecular flexibility index (Phi) is 8.08. The second-order valence-corrected chi connectivity index (χ2v) is 11.4. The van der Waals surface area contributed by atoms with Crippen molar-refractivity contribution < 1.29 is 52.4 Å². The SMILES string of the molecule is CC(=O)OC(OC(C)=O)c1ccc2c(c1)C(=O)OC21c2ccc(OC(=O)c3ccccc3)cc2Oc2cc(OC(=O)c3ccccc3)ccc21. The number of rotatable bonds is 7. The lowest BCUT2D eigenvalue weighted by atomic mass is 9.77. The third kappa shape index (κ3) is 5.81. The molecule has 2 aliphatic heterocycles. The molecule has 0 amide bonds. The molecule has 0 N–H and O–H groups in total. The van der Waals surface area contributed by atoms with Gasteiger partial charge in [0.1, 0.15) is 23.0 Å². The topological polar surface area (TPSA) is 141 Å². The first kappa shape index (κ1) is 31.8. The molecular formula is C39H26O11. The molecule has 7 rings (SSSR count). The molecule has 0 saturated heterocycles. The number of carbonyl (C=O) groups is 5. The van der Waals surface area contributed by atoms with E-state index in [0.29, 0.717) is 27.8 Å². The highest BCUT2D eigenvalue weighted by atomic mass is 16.7. The number of hydrogen-bond donors (Lipinski definition) is 0. The highest BCUT2D eigenvalue weighted by molar-refractivity contribution is 5.97. The minimum absolute atomic E-state index is 0.116. The van der Waals surface area contributed by atoms with Crippen LogP contribution in [-0.4, -0.2) is 29.8 Å². The predicted octanol–water partition coefficient (Wildman–Crippen LogP) is 6.82. The second-order valence-electron chi connectivity index (χ2n) is 11.4. The average Bonchev–Trinajstić information content (AvgIpc) is 3.39. The maximum Gasteiger partial charge on any atom is 0.343 e. The Morgan fingerprint density at radius 2 is 1.08 bits per heavy atom. The van der Waals surface area contributed by atoms with Crippen molar-refractivity contribution in [3.63, 3.8) is 0 Å². The first-order chi connectivity index (χ1) is 24.1. The van der Waals surface area contributed by atoms with Crippen molar-refractivity contribution in [3.05, 3.63) is 154 Å². The number of carbonyl (C=O) groups excluding carboxylic acids is 5. The van der Waals surface area contributed by atoms with E-state index in [4.69, 9.17) is 28.4 Å². The molecule has 0 fully saturated rings. The molecule has 0 aromatic heterocycles. The van der Waals surface area contributed by atoms with Crippen molar-refractivity contribution in [1.29, 1.82) is 0 Å². The maximum atomic E-state index is 13.7. The Morgan fingerprint density at radius 3 is 1.56 bits per heavy atom. The van der Waals surface area contributed by atoms with Crippen LogP contribution in [0.25, 0.3) is 0 Å². The number of esters is 5. The van der Waals surface area contributed by atoms with Gasteiger partial charge in [-0.25, -0.2) is 14.4 Å². The Bertz CT molecular complexity index is 2070. The summed E-state index contributed by atoms with van der Waals surface area (Å²) in [5.74, 6) is -2.58. The van der Waals surface area contributed by atoms with Crippen LogP contribution < -0.4 is 14.2 Å². The first-order valence-electron chi connectivity index (χ1n) is 15.4. The lowest BCUT2D eigenvalue weighted by Crippen LogP contribution is -2.33. The Morgan fingerprint density at radius 1 is 0.600 bits per heavy atom. The molecule has 0 atom stereocenters. The van der Waals surface area contributed by atoms with E-state index in [1.165, 1.54) is 32.0 Å². The summed E-state index contributed by atoms with van der Waals surface area (Å²) in [7, 11) is 0. The minimum Gasteiger partial charge on any atom is -0.456 e. The monoisotopic (exact) mass is 670 g/mol. The van der Waals surface area contributed by atoms with Gasteiger partial charge < -0.3 is 28.4 Å². The van der Waals surface area contributed by atoms with Gasteiger partial charge in [-0.3, -0.25) is 9.59 Å². The fraction of sp³-hybridized carbons (Fsp3) is 0.103. The number of ether oxygens (including phenoxy) is 6. The van der Waals surface area contributed by atoms with Crippen molar-refractivity contribution >= 4 is 29.8 Å². The van der Waals surface area contributed by atoms with E-state index >= 15 is 0 Å². The third-order valence-electron chi connectivity index (χ3n) is 8.03. The zero-order valence-corrected chi connectivity index (χ0v) is 26.5. The van der Waals surface area contributed by atoms with E-state index in [1.54, 1.807) is 97.1 Å². The van der Waals surface area contributed by atoms with Crippen molar-refractivity contribution in [2.45, 2.75) is 25.7 Å². The van der Waals surface area contributed by atoms with Gasteiger partial charge in [-0.15, -0.1) is 0 Å². The molecule has 5 aromatic rings. The van der Waals surface area contributed by atoms with Gasteiger partial charge in [0.15, 0.2) is 5.60 Å². The molecule has 11 nitrogen and oxygen atoms in total. The lowest BCUT2D eigenvalue weighted by molar-refractivity contribution is -0.186. The van der Waals surface area contributed by atoms with E-state index < -0.39 is 41.7 Å². The normalized spacial score (nSPS) is 13.2. The molecular weight excluding hydrogens is 644 g/mol. The molecule has 2 aliphatic rings. The quantitative estimate of drug-likeness (QED) is 0.102. The Balaban J connectivity index is 1.33. The molecule has 0 bridgehead atoms. The fourth-order valence-corrected chi connectivity index (χ4v) is 5.92. The van der Waals surface area contributed by atoms with Gasteiger partial charge in [0, 0.05) is 48.2 Å². The molecule has 0 radical (unpaired) electrons. The summed E-state index contributed by atoms with van der Waals surface area (Å²) in [6, 6.07) is 30.9. The van der Waals surface area contributed by atoms with E-state index in [0.717, 1.165) is 0 Å². The summed E-state index contributed by atoms with van der Waals surface area (Å²) in [6.45, 7) is 2.33.